The molecular weight excluding hydrogens is 731 g/mol. The van der Waals surface area contributed by atoms with Crippen molar-refractivity contribution in [2.75, 3.05) is 6.61 Å². The maximum atomic E-state index is 13.2. The number of esters is 1. The zero-order valence-electron chi connectivity index (χ0n) is 39.1. The van der Waals surface area contributed by atoms with E-state index in [1.807, 2.05) is 0 Å². The van der Waals surface area contributed by atoms with Gasteiger partial charge in [0.1, 0.15) is 6.10 Å². The summed E-state index contributed by atoms with van der Waals surface area (Å²) < 4.78 is 5.91. The van der Waals surface area contributed by atoms with Crippen molar-refractivity contribution in [2.24, 2.45) is 0 Å². The molecule has 0 aromatic rings. The van der Waals surface area contributed by atoms with Crippen molar-refractivity contribution in [1.82, 2.24) is 5.32 Å². The Morgan fingerprint density at radius 3 is 1.39 bits per heavy atom. The molecule has 3 unspecified atom stereocenters. The van der Waals surface area contributed by atoms with Gasteiger partial charge in [0, 0.05) is 6.42 Å². The van der Waals surface area contributed by atoms with Gasteiger partial charge in [-0.05, 0) is 77.0 Å². The molecule has 344 valence electrons. The summed E-state index contributed by atoms with van der Waals surface area (Å²) in [4.78, 5) is 26.1. The topological polar surface area (TPSA) is 95.9 Å². The van der Waals surface area contributed by atoms with Crippen LogP contribution in [0.1, 0.15) is 252 Å². The molecule has 0 bridgehead atoms. The lowest BCUT2D eigenvalue weighted by Crippen LogP contribution is -2.46. The number of carbonyl (C=O) groups excluding carboxylic acids is 2. The highest BCUT2D eigenvalue weighted by atomic mass is 16.5. The van der Waals surface area contributed by atoms with Crippen LogP contribution in [-0.4, -0.2) is 46.9 Å². The smallest absolute Gasteiger partial charge is 0.306 e. The summed E-state index contributed by atoms with van der Waals surface area (Å²) in [6.45, 7) is 6.43. The van der Waals surface area contributed by atoms with Gasteiger partial charge in [0.2, 0.25) is 5.91 Å². The first-order valence-electron chi connectivity index (χ1n) is 25.4. The molecule has 0 aliphatic rings. The van der Waals surface area contributed by atoms with E-state index in [0.29, 0.717) is 19.3 Å². The van der Waals surface area contributed by atoms with Crippen LogP contribution in [-0.2, 0) is 14.3 Å². The fourth-order valence-corrected chi connectivity index (χ4v) is 7.54. The highest BCUT2D eigenvalue weighted by Gasteiger charge is 2.24. The number of carbonyl (C=O) groups is 2. The molecular formula is C53H97NO5. The van der Waals surface area contributed by atoms with E-state index in [1.54, 1.807) is 0 Å². The highest BCUT2D eigenvalue weighted by molar-refractivity contribution is 5.77. The molecule has 0 fully saturated rings. The van der Waals surface area contributed by atoms with E-state index in [2.05, 4.69) is 74.7 Å². The fraction of sp³-hybridized carbons (Fsp3) is 0.811. The maximum Gasteiger partial charge on any atom is 0.306 e. The summed E-state index contributed by atoms with van der Waals surface area (Å²) in [6, 6.07) is -0.713. The second-order valence-electron chi connectivity index (χ2n) is 17.3. The number of hydrogen-bond donors (Lipinski definition) is 3. The predicted octanol–water partition coefficient (Wildman–Crippen LogP) is 15.1. The molecule has 0 spiro atoms. The first kappa shape index (κ1) is 56.8. The number of unbranched alkanes of at least 4 members (excludes halogenated alkanes) is 27. The van der Waals surface area contributed by atoms with E-state index in [-0.39, 0.29) is 24.9 Å². The number of rotatable bonds is 45. The molecule has 0 aromatic heterocycles. The number of ether oxygens (including phenoxy) is 1. The largest absolute Gasteiger partial charge is 0.462 e. The van der Waals surface area contributed by atoms with Crippen molar-refractivity contribution >= 4 is 11.9 Å². The summed E-state index contributed by atoms with van der Waals surface area (Å²) in [7, 11) is 0. The van der Waals surface area contributed by atoms with Crippen LogP contribution in [0.15, 0.2) is 48.6 Å². The number of allylic oxidation sites excluding steroid dienone is 8. The third kappa shape index (κ3) is 42.3. The van der Waals surface area contributed by atoms with Crippen molar-refractivity contribution in [3.8, 4) is 0 Å². The van der Waals surface area contributed by atoms with Crippen molar-refractivity contribution in [3.63, 3.8) is 0 Å². The normalized spacial score (nSPS) is 13.6. The van der Waals surface area contributed by atoms with Crippen LogP contribution >= 0.6 is 0 Å². The first-order valence-corrected chi connectivity index (χ1v) is 25.4. The Hall–Kier alpha value is -2.18. The summed E-state index contributed by atoms with van der Waals surface area (Å²) >= 11 is 0. The molecule has 3 atom stereocenters. The lowest BCUT2D eigenvalue weighted by Gasteiger charge is -2.24. The molecule has 0 aliphatic carbocycles. The fourth-order valence-electron chi connectivity index (χ4n) is 7.54. The van der Waals surface area contributed by atoms with Gasteiger partial charge in [0.25, 0.3) is 0 Å². The molecule has 6 heteroatoms. The molecule has 0 radical (unpaired) electrons. The third-order valence-electron chi connectivity index (χ3n) is 11.4. The molecule has 59 heavy (non-hydrogen) atoms. The minimum atomic E-state index is -0.797. The van der Waals surface area contributed by atoms with Crippen LogP contribution in [0.25, 0.3) is 0 Å². The Bertz CT molecular complexity index is 1020. The van der Waals surface area contributed by atoms with Crippen LogP contribution < -0.4 is 5.32 Å². The van der Waals surface area contributed by atoms with Gasteiger partial charge in [-0.3, -0.25) is 9.59 Å². The van der Waals surface area contributed by atoms with E-state index >= 15 is 0 Å². The number of amides is 1. The van der Waals surface area contributed by atoms with E-state index < -0.39 is 18.2 Å². The van der Waals surface area contributed by atoms with Crippen molar-refractivity contribution in [2.45, 2.75) is 270 Å². The zero-order chi connectivity index (χ0) is 43.1. The summed E-state index contributed by atoms with van der Waals surface area (Å²) in [5.74, 6) is -0.515. The second kappa shape index (κ2) is 46.9. The monoisotopic (exact) mass is 828 g/mol. The summed E-state index contributed by atoms with van der Waals surface area (Å²) in [6.07, 6.45) is 55.9. The van der Waals surface area contributed by atoms with Gasteiger partial charge in [-0.1, -0.05) is 211 Å². The number of hydrogen-bond acceptors (Lipinski definition) is 5. The lowest BCUT2D eigenvalue weighted by atomic mass is 10.0. The van der Waals surface area contributed by atoms with Gasteiger partial charge in [-0.25, -0.2) is 0 Å². The molecule has 0 saturated carbocycles. The van der Waals surface area contributed by atoms with Gasteiger partial charge < -0.3 is 20.3 Å². The average Bonchev–Trinajstić information content (AvgIpc) is 3.23. The molecule has 0 aromatic carbocycles. The van der Waals surface area contributed by atoms with Gasteiger partial charge in [0.05, 0.1) is 25.2 Å². The zero-order valence-corrected chi connectivity index (χ0v) is 39.1. The molecule has 0 rings (SSSR count). The Morgan fingerprint density at radius 2 is 0.881 bits per heavy atom. The Labute approximate surface area is 366 Å². The van der Waals surface area contributed by atoms with Crippen molar-refractivity contribution in [3.05, 3.63) is 48.6 Å². The van der Waals surface area contributed by atoms with Gasteiger partial charge in [-0.2, -0.15) is 0 Å². The van der Waals surface area contributed by atoms with Crippen LogP contribution in [0.4, 0.5) is 0 Å². The number of aliphatic hydroxyl groups excluding tert-OH is 2. The third-order valence-corrected chi connectivity index (χ3v) is 11.4. The molecule has 0 aliphatic heterocycles. The van der Waals surface area contributed by atoms with Crippen LogP contribution in [0.2, 0.25) is 0 Å². The minimum absolute atomic E-state index is 0.0521. The second-order valence-corrected chi connectivity index (χ2v) is 17.3. The Balaban J connectivity index is 4.67. The van der Waals surface area contributed by atoms with Crippen LogP contribution in [0, 0.1) is 0 Å². The van der Waals surface area contributed by atoms with Crippen LogP contribution in [0.5, 0.6) is 0 Å². The van der Waals surface area contributed by atoms with E-state index in [9.17, 15) is 19.8 Å². The highest BCUT2D eigenvalue weighted by Crippen LogP contribution is 2.17. The number of aliphatic hydroxyl groups is 2. The Kier molecular flexibility index (Phi) is 45.1. The van der Waals surface area contributed by atoms with Crippen molar-refractivity contribution < 1.29 is 24.5 Å². The van der Waals surface area contributed by atoms with Gasteiger partial charge >= 0.3 is 5.97 Å². The predicted molar refractivity (Wildman–Crippen MR) is 255 cm³/mol. The first-order chi connectivity index (χ1) is 29.0. The van der Waals surface area contributed by atoms with Gasteiger partial charge in [0.15, 0.2) is 0 Å². The summed E-state index contributed by atoms with van der Waals surface area (Å²) in [5.41, 5.74) is 0. The van der Waals surface area contributed by atoms with E-state index in [0.717, 1.165) is 77.0 Å². The molecule has 3 N–H and O–H groups in total. The van der Waals surface area contributed by atoms with Crippen molar-refractivity contribution in [1.29, 1.82) is 0 Å². The van der Waals surface area contributed by atoms with Gasteiger partial charge in [-0.15, -0.1) is 0 Å². The maximum absolute atomic E-state index is 13.2. The average molecular weight is 828 g/mol. The number of nitrogens with one attached hydrogen (secondary N) is 1. The molecule has 0 saturated heterocycles. The van der Waals surface area contributed by atoms with Crippen LogP contribution in [0.3, 0.4) is 0 Å². The molecule has 0 heterocycles. The Morgan fingerprint density at radius 1 is 0.492 bits per heavy atom. The molecule has 6 nitrogen and oxygen atoms in total. The van der Waals surface area contributed by atoms with E-state index in [4.69, 9.17) is 4.74 Å². The quantitative estimate of drug-likeness (QED) is 0.0246. The minimum Gasteiger partial charge on any atom is -0.462 e. The molecule has 1 amide bonds. The SMILES string of the molecule is CCCCC/C=C\CCCCCCCC(=O)OC(CCCCC/C=C/C=C/C=C/CCCCCCC)CC(=O)NC(CO)C(O)CCCCCCCCCCCCCC. The summed E-state index contributed by atoms with van der Waals surface area (Å²) in [5, 5.41) is 23.7. The lowest BCUT2D eigenvalue weighted by molar-refractivity contribution is -0.151. The standard InChI is InChI=1S/C53H97NO5/c1-4-7-10-13-16-19-22-25-26-27-28-29-32-35-38-41-44-49(59-53(58)46-43-40-37-34-31-24-21-18-15-12-9-6-3)47-52(57)54-50(48-55)51(56)45-42-39-36-33-30-23-20-17-14-11-8-5-2/h18,21-22,25-29,49-51,55-56H,4-17,19-20,23-24,30-48H2,1-3H3,(H,54,57)/b21-18-,25-22+,27-26+,29-28+. The van der Waals surface area contributed by atoms with E-state index in [1.165, 1.54) is 128 Å².